The molecule has 0 rings (SSSR count). The number of hydrogen-bond donors (Lipinski definition) is 0. The van der Waals surface area contributed by atoms with Crippen LogP contribution in [-0.2, 0) is 28.6 Å². The van der Waals surface area contributed by atoms with Crippen molar-refractivity contribution in [3.05, 3.63) is 72.9 Å². The number of unbranched alkanes of at least 4 members (excludes halogenated alkanes) is 26. The summed E-state index contributed by atoms with van der Waals surface area (Å²) >= 11 is 0. The number of carbonyl (C=O) groups excluding carboxylic acids is 3. The van der Waals surface area contributed by atoms with E-state index in [1.807, 2.05) is 0 Å². The molecule has 0 unspecified atom stereocenters. The van der Waals surface area contributed by atoms with Crippen LogP contribution in [0.5, 0.6) is 0 Å². The van der Waals surface area contributed by atoms with Crippen LogP contribution >= 0.6 is 0 Å². The lowest BCUT2D eigenvalue weighted by atomic mass is 10.0. The summed E-state index contributed by atoms with van der Waals surface area (Å²) in [5.74, 6) is -0.963. The maximum absolute atomic E-state index is 12.8. The van der Waals surface area contributed by atoms with Crippen LogP contribution < -0.4 is 0 Å². The van der Waals surface area contributed by atoms with Crippen molar-refractivity contribution in [3.8, 4) is 0 Å². The van der Waals surface area contributed by atoms with Crippen LogP contribution in [0.25, 0.3) is 0 Å². The van der Waals surface area contributed by atoms with Gasteiger partial charge in [-0.1, -0.05) is 235 Å². The summed E-state index contributed by atoms with van der Waals surface area (Å²) in [4.78, 5) is 38.0. The SMILES string of the molecule is CC/C=C\C/C=C\C/C=C\CCCCCCCC(=O)OC[C@H](COC(=O)CCCCCCCCCCCCCCCCC)OC(=O)CCC/C=C\C/C=C\C/C=C\CCCCCCCC. The fourth-order valence-electron chi connectivity index (χ4n) is 7.59. The van der Waals surface area contributed by atoms with Gasteiger partial charge in [0.2, 0.25) is 0 Å². The van der Waals surface area contributed by atoms with Crippen LogP contribution in [0.2, 0.25) is 0 Å². The minimum Gasteiger partial charge on any atom is -0.462 e. The van der Waals surface area contributed by atoms with Gasteiger partial charge >= 0.3 is 17.9 Å². The zero-order valence-electron chi connectivity index (χ0n) is 42.7. The average molecular weight is 907 g/mol. The molecule has 0 fully saturated rings. The quantitative estimate of drug-likeness (QED) is 0.0262. The van der Waals surface area contributed by atoms with Crippen molar-refractivity contribution >= 4 is 17.9 Å². The molecule has 0 amide bonds. The highest BCUT2D eigenvalue weighted by Crippen LogP contribution is 2.15. The number of rotatable bonds is 49. The third-order valence-corrected chi connectivity index (χ3v) is 11.7. The van der Waals surface area contributed by atoms with Gasteiger partial charge in [0.15, 0.2) is 6.10 Å². The largest absolute Gasteiger partial charge is 0.462 e. The highest BCUT2D eigenvalue weighted by atomic mass is 16.6. The Morgan fingerprint density at radius 3 is 0.985 bits per heavy atom. The number of esters is 3. The number of allylic oxidation sites excluding steroid dienone is 12. The Kier molecular flexibility index (Phi) is 50.9. The number of hydrogen-bond acceptors (Lipinski definition) is 6. The third-order valence-electron chi connectivity index (χ3n) is 11.7. The fourth-order valence-corrected chi connectivity index (χ4v) is 7.59. The van der Waals surface area contributed by atoms with Gasteiger partial charge < -0.3 is 14.2 Å². The zero-order valence-corrected chi connectivity index (χ0v) is 42.7. The van der Waals surface area contributed by atoms with Gasteiger partial charge in [-0.05, 0) is 83.5 Å². The van der Waals surface area contributed by atoms with Crippen molar-refractivity contribution in [1.82, 2.24) is 0 Å². The normalized spacial score (nSPS) is 12.6. The molecule has 0 aliphatic carbocycles. The molecule has 0 aromatic heterocycles. The smallest absolute Gasteiger partial charge is 0.306 e. The van der Waals surface area contributed by atoms with E-state index < -0.39 is 6.10 Å². The molecule has 0 saturated carbocycles. The predicted molar refractivity (Wildman–Crippen MR) is 279 cm³/mol. The number of ether oxygens (including phenoxy) is 3. The van der Waals surface area contributed by atoms with Gasteiger partial charge in [0.05, 0.1) is 0 Å². The Bertz CT molecular complexity index is 1230. The first-order chi connectivity index (χ1) is 32.0. The summed E-state index contributed by atoms with van der Waals surface area (Å²) in [5.41, 5.74) is 0. The van der Waals surface area contributed by atoms with E-state index in [1.54, 1.807) is 0 Å². The van der Waals surface area contributed by atoms with Crippen molar-refractivity contribution in [2.75, 3.05) is 13.2 Å². The zero-order chi connectivity index (χ0) is 47.2. The molecule has 6 heteroatoms. The van der Waals surface area contributed by atoms with E-state index in [1.165, 1.54) is 122 Å². The van der Waals surface area contributed by atoms with E-state index in [0.717, 1.165) is 96.3 Å². The number of carbonyl (C=O) groups is 3. The standard InChI is InChI=1S/C59H102O6/c1-4-7-10-13-16-19-22-25-28-29-32-35-38-41-44-47-50-53-59(62)65-56(54-63-57(60)51-48-45-42-39-36-33-30-26-23-20-17-14-11-8-5-2)55-64-58(61)52-49-46-43-40-37-34-31-27-24-21-18-15-12-9-6-3/h8,11,17,20,25-26,28,30,32,35,41,44,56H,4-7,9-10,12-16,18-19,21-24,27,29,31,33-34,36-40,42-43,45-55H2,1-3H3/b11-8-,20-17-,28-25-,30-26-,35-32-,44-41-/t56-/m1/s1. The molecule has 65 heavy (non-hydrogen) atoms. The van der Waals surface area contributed by atoms with E-state index in [2.05, 4.69) is 93.7 Å². The van der Waals surface area contributed by atoms with E-state index in [4.69, 9.17) is 14.2 Å². The maximum Gasteiger partial charge on any atom is 0.306 e. The molecular weight excluding hydrogens is 805 g/mol. The van der Waals surface area contributed by atoms with Crippen LogP contribution in [0.1, 0.15) is 265 Å². The van der Waals surface area contributed by atoms with Crippen molar-refractivity contribution in [3.63, 3.8) is 0 Å². The maximum atomic E-state index is 12.8. The third kappa shape index (κ3) is 51.7. The second-order valence-electron chi connectivity index (χ2n) is 18.1. The predicted octanol–water partition coefficient (Wildman–Crippen LogP) is 18.2. The Morgan fingerprint density at radius 1 is 0.323 bits per heavy atom. The van der Waals surface area contributed by atoms with Crippen molar-refractivity contribution in [2.24, 2.45) is 0 Å². The molecule has 0 bridgehead atoms. The molecule has 0 spiro atoms. The Labute approximate surface area is 402 Å². The van der Waals surface area contributed by atoms with Crippen LogP contribution in [0.4, 0.5) is 0 Å². The van der Waals surface area contributed by atoms with Gasteiger partial charge in [-0.25, -0.2) is 0 Å². The van der Waals surface area contributed by atoms with Crippen LogP contribution in [0.15, 0.2) is 72.9 Å². The molecule has 6 nitrogen and oxygen atoms in total. The first-order valence-electron chi connectivity index (χ1n) is 27.4. The van der Waals surface area contributed by atoms with Crippen molar-refractivity contribution in [2.45, 2.75) is 271 Å². The average Bonchev–Trinajstić information content (AvgIpc) is 3.30. The Morgan fingerprint density at radius 2 is 0.615 bits per heavy atom. The molecule has 0 aromatic rings. The second-order valence-corrected chi connectivity index (χ2v) is 18.1. The summed E-state index contributed by atoms with van der Waals surface area (Å²) in [6.07, 6.45) is 67.5. The van der Waals surface area contributed by atoms with Crippen molar-refractivity contribution < 1.29 is 28.6 Å². The topological polar surface area (TPSA) is 78.9 Å². The van der Waals surface area contributed by atoms with Gasteiger partial charge in [-0.2, -0.15) is 0 Å². The minimum absolute atomic E-state index is 0.0991. The molecule has 0 radical (unpaired) electrons. The lowest BCUT2D eigenvalue weighted by molar-refractivity contribution is -0.167. The molecule has 0 N–H and O–H groups in total. The first-order valence-corrected chi connectivity index (χ1v) is 27.4. The first kappa shape index (κ1) is 61.9. The fraction of sp³-hybridized carbons (Fsp3) is 0.746. The molecule has 1 atom stereocenters. The van der Waals surface area contributed by atoms with Crippen molar-refractivity contribution in [1.29, 1.82) is 0 Å². The lowest BCUT2D eigenvalue weighted by Crippen LogP contribution is -2.30. The van der Waals surface area contributed by atoms with Gasteiger partial charge in [0.25, 0.3) is 0 Å². The second kappa shape index (κ2) is 53.5. The van der Waals surface area contributed by atoms with Gasteiger partial charge in [-0.15, -0.1) is 0 Å². The molecule has 374 valence electrons. The highest BCUT2D eigenvalue weighted by molar-refractivity contribution is 5.71. The summed E-state index contributed by atoms with van der Waals surface area (Å²) in [5, 5.41) is 0. The molecule has 0 aromatic carbocycles. The summed E-state index contributed by atoms with van der Waals surface area (Å²) in [6.45, 7) is 6.48. The van der Waals surface area contributed by atoms with Crippen LogP contribution in [0, 0.1) is 0 Å². The van der Waals surface area contributed by atoms with E-state index in [9.17, 15) is 14.4 Å². The summed E-state index contributed by atoms with van der Waals surface area (Å²) < 4.78 is 16.8. The molecule has 0 aliphatic heterocycles. The van der Waals surface area contributed by atoms with E-state index in [0.29, 0.717) is 19.3 Å². The van der Waals surface area contributed by atoms with Crippen LogP contribution in [0.3, 0.4) is 0 Å². The summed E-state index contributed by atoms with van der Waals surface area (Å²) in [7, 11) is 0. The summed E-state index contributed by atoms with van der Waals surface area (Å²) in [6, 6.07) is 0. The minimum atomic E-state index is -0.807. The van der Waals surface area contributed by atoms with Gasteiger partial charge in [0, 0.05) is 19.3 Å². The molecule has 0 aliphatic rings. The molecule has 0 saturated heterocycles. The van der Waals surface area contributed by atoms with Gasteiger partial charge in [-0.3, -0.25) is 14.4 Å². The lowest BCUT2D eigenvalue weighted by Gasteiger charge is -2.18. The Balaban J connectivity index is 4.48. The Hall–Kier alpha value is -3.15. The van der Waals surface area contributed by atoms with Gasteiger partial charge in [0.1, 0.15) is 13.2 Å². The van der Waals surface area contributed by atoms with E-state index >= 15 is 0 Å². The van der Waals surface area contributed by atoms with Crippen LogP contribution in [-0.4, -0.2) is 37.2 Å². The molecule has 0 heterocycles. The molecular formula is C59H102O6. The highest BCUT2D eigenvalue weighted by Gasteiger charge is 2.19. The monoisotopic (exact) mass is 907 g/mol. The van der Waals surface area contributed by atoms with E-state index in [-0.39, 0.29) is 37.5 Å².